The summed E-state index contributed by atoms with van der Waals surface area (Å²) in [6.07, 6.45) is 2.96. The molecule has 1 aliphatic carbocycles. The highest BCUT2D eigenvalue weighted by molar-refractivity contribution is 6.30. The fourth-order valence-corrected chi connectivity index (χ4v) is 4.93. The van der Waals surface area contributed by atoms with Crippen LogP contribution >= 0.6 is 11.6 Å². The lowest BCUT2D eigenvalue weighted by atomic mass is 9.83. The van der Waals surface area contributed by atoms with Gasteiger partial charge >= 0.3 is 0 Å². The summed E-state index contributed by atoms with van der Waals surface area (Å²) in [7, 11) is 3.31. The van der Waals surface area contributed by atoms with Gasteiger partial charge in [0, 0.05) is 37.7 Å². The van der Waals surface area contributed by atoms with Crippen molar-refractivity contribution < 1.29 is 24.1 Å². The SMILES string of the molecule is COCCCOc1cc(CC(CC(N)C(O)CNC(=O)C2(c3ccc(Cl)cc3)CC2)C(C)C)ccc1OC. The molecule has 3 unspecified atom stereocenters. The molecule has 4 N–H and O–H groups in total. The quantitative estimate of drug-likeness (QED) is 0.268. The summed E-state index contributed by atoms with van der Waals surface area (Å²) in [5.74, 6) is 1.94. The van der Waals surface area contributed by atoms with Crippen molar-refractivity contribution >= 4 is 17.5 Å². The first kappa shape index (κ1) is 30.2. The third-order valence-electron chi connectivity index (χ3n) is 7.54. The van der Waals surface area contributed by atoms with Gasteiger partial charge in [-0.25, -0.2) is 0 Å². The van der Waals surface area contributed by atoms with Gasteiger partial charge < -0.3 is 30.4 Å². The smallest absolute Gasteiger partial charge is 0.230 e. The van der Waals surface area contributed by atoms with Gasteiger partial charge in [-0.3, -0.25) is 4.79 Å². The van der Waals surface area contributed by atoms with Crippen molar-refractivity contribution in [2.24, 2.45) is 17.6 Å². The molecule has 210 valence electrons. The second-order valence-corrected chi connectivity index (χ2v) is 11.1. The highest BCUT2D eigenvalue weighted by Crippen LogP contribution is 2.48. The molecule has 2 aromatic carbocycles. The molecule has 3 rings (SSSR count). The number of carbonyl (C=O) groups excluding carboxylic acids is 1. The van der Waals surface area contributed by atoms with Gasteiger partial charge in [-0.15, -0.1) is 0 Å². The summed E-state index contributed by atoms with van der Waals surface area (Å²) in [4.78, 5) is 13.0. The predicted molar refractivity (Wildman–Crippen MR) is 151 cm³/mol. The molecule has 3 atom stereocenters. The van der Waals surface area contributed by atoms with E-state index in [0.29, 0.717) is 42.1 Å². The van der Waals surface area contributed by atoms with Crippen LogP contribution in [0.4, 0.5) is 0 Å². The minimum absolute atomic E-state index is 0.0669. The molecule has 0 aliphatic heterocycles. The Labute approximate surface area is 232 Å². The number of benzene rings is 2. The molecule has 7 nitrogen and oxygen atoms in total. The Morgan fingerprint density at radius 3 is 2.42 bits per heavy atom. The molecule has 1 amide bonds. The van der Waals surface area contributed by atoms with Gasteiger partial charge in [0.1, 0.15) is 0 Å². The normalized spacial score (nSPS) is 16.5. The van der Waals surface area contributed by atoms with Crippen LogP contribution in [0.3, 0.4) is 0 Å². The average Bonchev–Trinajstić information content (AvgIpc) is 3.71. The zero-order valence-corrected chi connectivity index (χ0v) is 23.8. The topological polar surface area (TPSA) is 103 Å². The van der Waals surface area contributed by atoms with Crippen molar-refractivity contribution in [1.29, 1.82) is 0 Å². The van der Waals surface area contributed by atoms with Crippen molar-refractivity contribution in [1.82, 2.24) is 5.32 Å². The fourth-order valence-electron chi connectivity index (χ4n) is 4.81. The monoisotopic (exact) mass is 546 g/mol. The number of aliphatic hydroxyl groups is 1. The van der Waals surface area contributed by atoms with Crippen LogP contribution in [0.2, 0.25) is 5.02 Å². The fraction of sp³-hybridized carbons (Fsp3) is 0.567. The van der Waals surface area contributed by atoms with Crippen LogP contribution < -0.4 is 20.5 Å². The molecular formula is C30H43ClN2O5. The van der Waals surface area contributed by atoms with Gasteiger partial charge in [0.15, 0.2) is 11.5 Å². The molecule has 0 bridgehead atoms. The number of aliphatic hydroxyl groups excluding tert-OH is 1. The number of halogens is 1. The van der Waals surface area contributed by atoms with Crippen LogP contribution in [-0.4, -0.2) is 57.1 Å². The lowest BCUT2D eigenvalue weighted by Crippen LogP contribution is -2.47. The Bertz CT molecular complexity index is 1030. The standard InChI is InChI=1S/C30H43ClN2O5/c1-20(2)22(16-21-6-11-27(37-4)28(17-21)38-15-5-14-36-3)18-25(32)26(34)19-33-29(35)30(12-13-30)23-7-9-24(31)10-8-23/h6-11,17,20,22,25-26,34H,5,12-16,18-19,32H2,1-4H3,(H,33,35). The van der Waals surface area contributed by atoms with Gasteiger partial charge in [-0.2, -0.15) is 0 Å². The van der Waals surface area contributed by atoms with Crippen LogP contribution in [0.1, 0.15) is 50.7 Å². The first-order valence-corrected chi connectivity index (χ1v) is 13.8. The van der Waals surface area contributed by atoms with Crippen molar-refractivity contribution in [3.8, 4) is 11.5 Å². The molecule has 0 heterocycles. The molecule has 1 aliphatic rings. The number of methoxy groups -OCH3 is 2. The summed E-state index contributed by atoms with van der Waals surface area (Å²) in [5, 5.41) is 14.4. The minimum atomic E-state index is -0.836. The van der Waals surface area contributed by atoms with Crippen molar-refractivity contribution in [3.05, 3.63) is 58.6 Å². The Morgan fingerprint density at radius 2 is 1.82 bits per heavy atom. The maximum absolute atomic E-state index is 13.0. The number of hydrogen-bond donors (Lipinski definition) is 3. The van der Waals surface area contributed by atoms with E-state index < -0.39 is 17.6 Å². The number of rotatable bonds is 16. The highest BCUT2D eigenvalue weighted by atomic mass is 35.5. The Kier molecular flexibility index (Phi) is 11.3. The number of nitrogens with two attached hydrogens (primary N) is 1. The van der Waals surface area contributed by atoms with E-state index in [1.165, 1.54) is 0 Å². The minimum Gasteiger partial charge on any atom is -0.493 e. The van der Waals surface area contributed by atoms with E-state index in [2.05, 4.69) is 19.2 Å². The van der Waals surface area contributed by atoms with Crippen LogP contribution in [0.5, 0.6) is 11.5 Å². The Morgan fingerprint density at radius 1 is 1.11 bits per heavy atom. The number of ether oxygens (including phenoxy) is 3. The van der Waals surface area contributed by atoms with Gasteiger partial charge in [0.25, 0.3) is 0 Å². The van der Waals surface area contributed by atoms with Crippen LogP contribution in [0.25, 0.3) is 0 Å². The van der Waals surface area contributed by atoms with E-state index in [1.54, 1.807) is 26.4 Å². The molecule has 0 saturated heterocycles. The van der Waals surface area contributed by atoms with Crippen LogP contribution in [-0.2, 0) is 21.4 Å². The van der Waals surface area contributed by atoms with E-state index >= 15 is 0 Å². The summed E-state index contributed by atoms with van der Waals surface area (Å²) >= 11 is 6.00. The van der Waals surface area contributed by atoms with Crippen LogP contribution in [0, 0.1) is 11.8 Å². The van der Waals surface area contributed by atoms with E-state index in [0.717, 1.165) is 36.8 Å². The van der Waals surface area contributed by atoms with Crippen LogP contribution in [0.15, 0.2) is 42.5 Å². The van der Waals surface area contributed by atoms with Gasteiger partial charge in [0.05, 0.1) is 25.2 Å². The lowest BCUT2D eigenvalue weighted by Gasteiger charge is -2.28. The summed E-state index contributed by atoms with van der Waals surface area (Å²) in [6, 6.07) is 13.0. The van der Waals surface area contributed by atoms with Crippen molar-refractivity contribution in [3.63, 3.8) is 0 Å². The van der Waals surface area contributed by atoms with Crippen molar-refractivity contribution in [2.45, 2.75) is 63.5 Å². The van der Waals surface area contributed by atoms with E-state index in [1.807, 2.05) is 30.3 Å². The second kappa shape index (κ2) is 14.2. The maximum atomic E-state index is 13.0. The number of nitrogens with one attached hydrogen (secondary N) is 1. The first-order chi connectivity index (χ1) is 18.2. The lowest BCUT2D eigenvalue weighted by molar-refractivity contribution is -0.124. The molecule has 0 aromatic heterocycles. The average molecular weight is 547 g/mol. The number of amides is 1. The van der Waals surface area contributed by atoms with Gasteiger partial charge in [0.2, 0.25) is 5.91 Å². The largest absolute Gasteiger partial charge is 0.493 e. The first-order valence-electron chi connectivity index (χ1n) is 13.5. The third kappa shape index (κ3) is 8.09. The van der Waals surface area contributed by atoms with E-state index in [-0.39, 0.29) is 18.4 Å². The second-order valence-electron chi connectivity index (χ2n) is 10.7. The Balaban J connectivity index is 1.55. The zero-order valence-electron chi connectivity index (χ0n) is 23.0. The number of hydrogen-bond acceptors (Lipinski definition) is 6. The van der Waals surface area contributed by atoms with Gasteiger partial charge in [-0.1, -0.05) is 43.6 Å². The molecule has 1 fully saturated rings. The predicted octanol–water partition coefficient (Wildman–Crippen LogP) is 4.50. The molecule has 2 aromatic rings. The molecule has 0 radical (unpaired) electrons. The summed E-state index contributed by atoms with van der Waals surface area (Å²) in [6.45, 7) is 5.64. The molecule has 0 spiro atoms. The third-order valence-corrected chi connectivity index (χ3v) is 7.79. The Hall–Kier alpha value is -2.32. The number of carbonyl (C=O) groups is 1. The van der Waals surface area contributed by atoms with Crippen molar-refractivity contribution in [2.75, 3.05) is 34.0 Å². The summed E-state index contributed by atoms with van der Waals surface area (Å²) < 4.78 is 16.5. The maximum Gasteiger partial charge on any atom is 0.230 e. The van der Waals surface area contributed by atoms with E-state index in [9.17, 15) is 9.90 Å². The molecule has 8 heteroatoms. The summed E-state index contributed by atoms with van der Waals surface area (Å²) in [5.41, 5.74) is 8.01. The molecule has 38 heavy (non-hydrogen) atoms. The zero-order chi connectivity index (χ0) is 27.7. The van der Waals surface area contributed by atoms with E-state index in [4.69, 9.17) is 31.5 Å². The van der Waals surface area contributed by atoms with Gasteiger partial charge in [-0.05, 0) is 72.9 Å². The molecule has 1 saturated carbocycles. The highest BCUT2D eigenvalue weighted by Gasteiger charge is 2.51. The molecular weight excluding hydrogens is 504 g/mol.